The number of nitrogen functional groups attached to an aromatic ring is 1. The number of aromatic nitrogens is 1. The molecule has 3 aliphatic heterocycles. The number of alkyl halides is 1. The van der Waals surface area contributed by atoms with Crippen molar-refractivity contribution in [2.24, 2.45) is 5.16 Å². The summed E-state index contributed by atoms with van der Waals surface area (Å²) >= 11 is 2.99. The minimum atomic E-state index is -1.81. The summed E-state index contributed by atoms with van der Waals surface area (Å²) in [5.41, 5.74) is 5.24. The molecular weight excluding hydrogens is 465 g/mol. The molecular formula is C22H28FN5O3S2. The van der Waals surface area contributed by atoms with Crippen LogP contribution < -0.4 is 10.5 Å². The van der Waals surface area contributed by atoms with Gasteiger partial charge in [0.05, 0.1) is 10.6 Å². The van der Waals surface area contributed by atoms with Crippen molar-refractivity contribution in [3.05, 3.63) is 27.4 Å². The molecule has 1 amide bonds. The molecule has 11 heteroatoms. The van der Waals surface area contributed by atoms with Crippen molar-refractivity contribution in [1.29, 1.82) is 0 Å². The number of nitrogens with two attached hydrogens (primary N) is 1. The van der Waals surface area contributed by atoms with Gasteiger partial charge in [-0.3, -0.25) is 9.69 Å². The molecule has 1 spiro atoms. The van der Waals surface area contributed by atoms with E-state index in [1.54, 1.807) is 23.3 Å². The molecule has 5 rings (SSSR count). The highest BCUT2D eigenvalue weighted by Crippen LogP contribution is 2.42. The van der Waals surface area contributed by atoms with Crippen LogP contribution in [0.5, 0.6) is 5.75 Å². The van der Waals surface area contributed by atoms with Crippen LogP contribution >= 0.6 is 22.7 Å². The molecule has 0 unspecified atom stereocenters. The second kappa shape index (κ2) is 8.84. The van der Waals surface area contributed by atoms with Crippen LogP contribution in [0.25, 0.3) is 0 Å². The highest BCUT2D eigenvalue weighted by molar-refractivity contribution is 7.13. The molecule has 5 heterocycles. The fraction of sp³-hybridized carbons (Fsp3) is 0.591. The molecule has 3 aliphatic rings. The Balaban J connectivity index is 1.18. The first-order chi connectivity index (χ1) is 15.9. The second-order valence-corrected chi connectivity index (χ2v) is 10.8. The number of carbonyl (C=O) groups is 1. The summed E-state index contributed by atoms with van der Waals surface area (Å²) in [7, 11) is 1.54. The molecule has 8 nitrogen and oxygen atoms in total. The number of hydrogen-bond acceptors (Lipinski definition) is 9. The molecule has 2 aromatic rings. The Bertz CT molecular complexity index is 1040. The van der Waals surface area contributed by atoms with E-state index in [1.807, 2.05) is 16.8 Å². The first kappa shape index (κ1) is 22.5. The van der Waals surface area contributed by atoms with Gasteiger partial charge < -0.3 is 20.2 Å². The lowest BCUT2D eigenvalue weighted by molar-refractivity contribution is -0.151. The zero-order chi connectivity index (χ0) is 23.1. The number of thiazole rings is 1. The number of rotatable bonds is 4. The van der Waals surface area contributed by atoms with Crippen molar-refractivity contribution in [2.45, 2.75) is 49.9 Å². The van der Waals surface area contributed by atoms with Crippen molar-refractivity contribution in [3.63, 3.8) is 0 Å². The number of fused-ring (bicyclic) bond motifs is 1. The topological polar surface area (TPSA) is 93.3 Å². The van der Waals surface area contributed by atoms with Gasteiger partial charge in [0, 0.05) is 70.2 Å². The first-order valence-electron chi connectivity index (χ1n) is 11.2. The van der Waals surface area contributed by atoms with Gasteiger partial charge in [-0.1, -0.05) is 5.16 Å². The second-order valence-electron chi connectivity index (χ2n) is 9.01. The third kappa shape index (κ3) is 4.45. The Kier molecular flexibility index (Phi) is 6.04. The standard InChI is InChI=1S/C22H28FN5O3S2/c1-30-26-16-12-21(31-17-2-11-32-18(16)17)3-9-28(10-4-21)19(29)22(23)5-7-27(8-6-22)13-15-14-33-20(24)25-15/h2,11,14H,3-10,12-13H2,1H3,(H2,24,25)/b26-16-. The van der Waals surface area contributed by atoms with Crippen molar-refractivity contribution in [3.8, 4) is 5.75 Å². The number of ether oxygens (including phenoxy) is 1. The lowest BCUT2D eigenvalue weighted by atomic mass is 9.83. The summed E-state index contributed by atoms with van der Waals surface area (Å²) < 4.78 is 22.1. The van der Waals surface area contributed by atoms with Crippen LogP contribution in [0.4, 0.5) is 9.52 Å². The normalized spacial score (nSPS) is 23.3. The maximum atomic E-state index is 15.7. The van der Waals surface area contributed by atoms with Crippen LogP contribution in [0.3, 0.4) is 0 Å². The van der Waals surface area contributed by atoms with E-state index in [0.29, 0.717) is 57.1 Å². The number of piperidine rings is 2. The fourth-order valence-corrected chi connectivity index (χ4v) is 6.36. The predicted molar refractivity (Wildman–Crippen MR) is 127 cm³/mol. The summed E-state index contributed by atoms with van der Waals surface area (Å²) in [6.07, 6.45) is 2.32. The number of hydrogen-bond donors (Lipinski definition) is 1. The number of likely N-dealkylation sites (tertiary alicyclic amines) is 2. The third-order valence-electron chi connectivity index (χ3n) is 6.86. The first-order valence-corrected chi connectivity index (χ1v) is 12.9. The quantitative estimate of drug-likeness (QED) is 0.657. The molecule has 0 radical (unpaired) electrons. The van der Waals surface area contributed by atoms with Gasteiger partial charge in [-0.2, -0.15) is 0 Å². The van der Waals surface area contributed by atoms with Crippen LogP contribution in [0.1, 0.15) is 42.7 Å². The average Bonchev–Trinajstić information content (AvgIpc) is 3.44. The molecule has 33 heavy (non-hydrogen) atoms. The molecule has 178 valence electrons. The smallest absolute Gasteiger partial charge is 0.260 e. The molecule has 0 aromatic carbocycles. The molecule has 0 bridgehead atoms. The maximum absolute atomic E-state index is 15.7. The number of anilines is 1. The summed E-state index contributed by atoms with van der Waals surface area (Å²) in [4.78, 5) is 27.3. The van der Waals surface area contributed by atoms with Crippen LogP contribution in [-0.4, -0.2) is 71.0 Å². The molecule has 2 saturated heterocycles. The van der Waals surface area contributed by atoms with Gasteiger partial charge in [0.2, 0.25) is 0 Å². The number of oxime groups is 1. The number of halogens is 1. The largest absolute Gasteiger partial charge is 0.485 e. The SMILES string of the molecule is CO/N=C1/CC2(CCN(C(=O)C3(F)CCN(Cc4csc(N)n4)CC3)CC2)Oc2ccsc21. The van der Waals surface area contributed by atoms with Crippen molar-refractivity contribution < 1.29 is 18.8 Å². The summed E-state index contributed by atoms with van der Waals surface area (Å²) in [5.74, 6) is 0.436. The van der Waals surface area contributed by atoms with Crippen LogP contribution in [0.15, 0.2) is 22.0 Å². The maximum Gasteiger partial charge on any atom is 0.260 e. The number of nitrogens with zero attached hydrogens (tertiary/aromatic N) is 4. The van der Waals surface area contributed by atoms with E-state index in [-0.39, 0.29) is 18.7 Å². The zero-order valence-corrected chi connectivity index (χ0v) is 20.2. The molecule has 0 saturated carbocycles. The van der Waals surface area contributed by atoms with E-state index >= 15 is 4.39 Å². The summed E-state index contributed by atoms with van der Waals surface area (Å²) in [6, 6.07) is 1.95. The molecule has 0 aliphatic carbocycles. The average molecular weight is 494 g/mol. The van der Waals surface area contributed by atoms with Gasteiger partial charge >= 0.3 is 0 Å². The predicted octanol–water partition coefficient (Wildman–Crippen LogP) is 3.29. The van der Waals surface area contributed by atoms with Gasteiger partial charge in [0.1, 0.15) is 24.2 Å². The highest BCUT2D eigenvalue weighted by Gasteiger charge is 2.48. The number of amides is 1. The number of carbonyl (C=O) groups excluding carboxylic acids is 1. The Morgan fingerprint density at radius 1 is 1.27 bits per heavy atom. The lowest BCUT2D eigenvalue weighted by Crippen LogP contribution is -2.57. The van der Waals surface area contributed by atoms with Gasteiger partial charge in [0.25, 0.3) is 5.91 Å². The van der Waals surface area contributed by atoms with E-state index in [1.165, 1.54) is 11.3 Å². The number of thiophene rings is 1. The van der Waals surface area contributed by atoms with Crippen molar-refractivity contribution in [1.82, 2.24) is 14.8 Å². The molecule has 0 atom stereocenters. The van der Waals surface area contributed by atoms with Gasteiger partial charge in [-0.25, -0.2) is 9.37 Å². The van der Waals surface area contributed by atoms with E-state index in [4.69, 9.17) is 15.3 Å². The van der Waals surface area contributed by atoms with Gasteiger partial charge in [-0.05, 0) is 11.4 Å². The van der Waals surface area contributed by atoms with Gasteiger partial charge in [-0.15, -0.1) is 22.7 Å². The van der Waals surface area contributed by atoms with E-state index in [9.17, 15) is 4.79 Å². The van der Waals surface area contributed by atoms with E-state index in [0.717, 1.165) is 22.0 Å². The van der Waals surface area contributed by atoms with Crippen LogP contribution in [-0.2, 0) is 16.2 Å². The van der Waals surface area contributed by atoms with Gasteiger partial charge in [0.15, 0.2) is 10.8 Å². The molecule has 2 N–H and O–H groups in total. The van der Waals surface area contributed by atoms with Crippen LogP contribution in [0.2, 0.25) is 0 Å². The Morgan fingerprint density at radius 2 is 2.03 bits per heavy atom. The summed E-state index contributed by atoms with van der Waals surface area (Å²) in [6.45, 7) is 2.65. The minimum absolute atomic E-state index is 0.201. The van der Waals surface area contributed by atoms with E-state index < -0.39 is 11.3 Å². The zero-order valence-electron chi connectivity index (χ0n) is 18.6. The van der Waals surface area contributed by atoms with Crippen molar-refractivity contribution in [2.75, 3.05) is 39.0 Å². The van der Waals surface area contributed by atoms with Crippen molar-refractivity contribution >= 4 is 39.4 Å². The monoisotopic (exact) mass is 493 g/mol. The molecule has 2 aromatic heterocycles. The van der Waals surface area contributed by atoms with Crippen LogP contribution in [0, 0.1) is 0 Å². The Hall–Kier alpha value is -2.24. The summed E-state index contributed by atoms with van der Waals surface area (Å²) in [5, 5.41) is 8.66. The Labute approximate surface area is 200 Å². The van der Waals surface area contributed by atoms with E-state index in [2.05, 4.69) is 15.0 Å². The highest BCUT2D eigenvalue weighted by atomic mass is 32.1. The fourth-order valence-electron chi connectivity index (χ4n) is 5.01. The minimum Gasteiger partial charge on any atom is -0.485 e. The Morgan fingerprint density at radius 3 is 2.70 bits per heavy atom. The third-order valence-corrected chi connectivity index (χ3v) is 8.53. The lowest BCUT2D eigenvalue weighted by Gasteiger charge is -2.45. The molecule has 2 fully saturated rings.